The van der Waals surface area contributed by atoms with E-state index in [0.29, 0.717) is 11.8 Å². The van der Waals surface area contributed by atoms with E-state index in [1.54, 1.807) is 0 Å². The summed E-state index contributed by atoms with van der Waals surface area (Å²) in [7, 11) is -0.668. The van der Waals surface area contributed by atoms with Crippen LogP contribution in [0.1, 0.15) is 31.1 Å². The molecule has 1 aliphatic heterocycles. The van der Waals surface area contributed by atoms with Gasteiger partial charge in [-0.05, 0) is 25.8 Å². The van der Waals surface area contributed by atoms with Crippen LogP contribution in [0.4, 0.5) is 0 Å². The second kappa shape index (κ2) is 3.25. The summed E-state index contributed by atoms with van der Waals surface area (Å²) in [5.74, 6) is 1.49. The first-order valence-electron chi connectivity index (χ1n) is 4.58. The van der Waals surface area contributed by atoms with Crippen LogP contribution in [0.3, 0.4) is 0 Å². The van der Waals surface area contributed by atoms with Crippen LogP contribution in [0.25, 0.3) is 0 Å². The fourth-order valence-corrected chi connectivity index (χ4v) is 2.90. The zero-order valence-corrected chi connectivity index (χ0v) is 8.80. The van der Waals surface area contributed by atoms with Gasteiger partial charge in [-0.2, -0.15) is 5.10 Å². The molecule has 0 fully saturated rings. The minimum atomic E-state index is -0.668. The molecule has 2 rings (SSSR count). The van der Waals surface area contributed by atoms with Crippen LogP contribution in [0, 0.1) is 0 Å². The molecule has 1 aromatic heterocycles. The van der Waals surface area contributed by atoms with Gasteiger partial charge in [0.05, 0.1) is 17.6 Å². The van der Waals surface area contributed by atoms with Crippen molar-refractivity contribution in [3.63, 3.8) is 0 Å². The standard InChI is InChI=1S/C9H14N2OS/c1-7(2)11-9-6-13(12)4-3-8(9)5-10-11/h5,7H,3-4,6H2,1-2H3. The number of rotatable bonds is 1. The van der Waals surface area contributed by atoms with Gasteiger partial charge in [-0.1, -0.05) is 0 Å². The highest BCUT2D eigenvalue weighted by molar-refractivity contribution is 7.84. The summed E-state index contributed by atoms with van der Waals surface area (Å²) in [5.41, 5.74) is 2.47. The lowest BCUT2D eigenvalue weighted by Crippen LogP contribution is -2.17. The van der Waals surface area contributed by atoms with E-state index in [1.165, 1.54) is 11.3 Å². The first-order chi connectivity index (χ1) is 6.18. The van der Waals surface area contributed by atoms with Crippen LogP contribution >= 0.6 is 0 Å². The van der Waals surface area contributed by atoms with Crippen molar-refractivity contribution in [2.24, 2.45) is 0 Å². The van der Waals surface area contributed by atoms with Crippen molar-refractivity contribution in [1.29, 1.82) is 0 Å². The van der Waals surface area contributed by atoms with E-state index in [2.05, 4.69) is 18.9 Å². The van der Waals surface area contributed by atoms with E-state index >= 15 is 0 Å². The fourth-order valence-electron chi connectivity index (χ4n) is 1.68. The van der Waals surface area contributed by atoms with Crippen molar-refractivity contribution in [1.82, 2.24) is 9.78 Å². The Morgan fingerprint density at radius 1 is 1.62 bits per heavy atom. The van der Waals surface area contributed by atoms with Gasteiger partial charge in [0.25, 0.3) is 0 Å². The van der Waals surface area contributed by atoms with Gasteiger partial charge in [0.15, 0.2) is 0 Å². The van der Waals surface area contributed by atoms with Crippen LogP contribution in [0.2, 0.25) is 0 Å². The second-order valence-corrected chi connectivity index (χ2v) is 5.27. The predicted molar refractivity (Wildman–Crippen MR) is 53.0 cm³/mol. The van der Waals surface area contributed by atoms with Crippen molar-refractivity contribution in [2.45, 2.75) is 32.1 Å². The lowest BCUT2D eigenvalue weighted by molar-refractivity contribution is 0.515. The van der Waals surface area contributed by atoms with Crippen LogP contribution in [0.15, 0.2) is 6.20 Å². The number of nitrogens with zero attached hydrogens (tertiary/aromatic N) is 2. The van der Waals surface area contributed by atoms with Gasteiger partial charge >= 0.3 is 0 Å². The largest absolute Gasteiger partial charge is 0.266 e. The summed E-state index contributed by atoms with van der Waals surface area (Å²) in [4.78, 5) is 0. The molecule has 0 aromatic carbocycles. The Hall–Kier alpha value is -0.640. The molecule has 13 heavy (non-hydrogen) atoms. The van der Waals surface area contributed by atoms with Crippen molar-refractivity contribution < 1.29 is 4.21 Å². The van der Waals surface area contributed by atoms with Crippen molar-refractivity contribution in [3.8, 4) is 0 Å². The maximum atomic E-state index is 11.4. The highest BCUT2D eigenvalue weighted by Crippen LogP contribution is 2.20. The number of aromatic nitrogens is 2. The molecule has 3 nitrogen and oxygen atoms in total. The molecule has 0 spiro atoms. The molecule has 0 aliphatic carbocycles. The minimum Gasteiger partial charge on any atom is -0.266 e. The Labute approximate surface area is 80.6 Å². The van der Waals surface area contributed by atoms with E-state index in [1.807, 2.05) is 10.9 Å². The molecule has 0 N–H and O–H groups in total. The van der Waals surface area contributed by atoms with Gasteiger partial charge in [-0.15, -0.1) is 0 Å². The highest BCUT2D eigenvalue weighted by atomic mass is 32.2. The van der Waals surface area contributed by atoms with Crippen LogP contribution in [-0.4, -0.2) is 19.7 Å². The van der Waals surface area contributed by atoms with Crippen molar-refractivity contribution in [2.75, 3.05) is 5.75 Å². The Kier molecular flexibility index (Phi) is 2.24. The molecule has 0 saturated carbocycles. The second-order valence-electron chi connectivity index (χ2n) is 3.69. The first-order valence-corrected chi connectivity index (χ1v) is 6.07. The maximum Gasteiger partial charge on any atom is 0.0658 e. The highest BCUT2D eigenvalue weighted by Gasteiger charge is 2.20. The summed E-state index contributed by atoms with van der Waals surface area (Å²) in [6.07, 6.45) is 2.85. The van der Waals surface area contributed by atoms with Crippen LogP contribution < -0.4 is 0 Å². The molecule has 1 aliphatic rings. The van der Waals surface area contributed by atoms with E-state index < -0.39 is 10.8 Å². The third kappa shape index (κ3) is 1.55. The Morgan fingerprint density at radius 3 is 3.08 bits per heavy atom. The number of hydrogen-bond donors (Lipinski definition) is 0. The molecule has 72 valence electrons. The Balaban J connectivity index is 2.41. The fraction of sp³-hybridized carbons (Fsp3) is 0.667. The minimum absolute atomic E-state index is 0.374. The molecule has 0 radical (unpaired) electrons. The average Bonchev–Trinajstić information content (AvgIpc) is 2.46. The maximum absolute atomic E-state index is 11.4. The topological polar surface area (TPSA) is 34.9 Å². The summed E-state index contributed by atoms with van der Waals surface area (Å²) >= 11 is 0. The van der Waals surface area contributed by atoms with Gasteiger partial charge in [-0.25, -0.2) is 0 Å². The quantitative estimate of drug-likeness (QED) is 0.681. The zero-order chi connectivity index (χ0) is 9.42. The molecule has 2 heterocycles. The molecule has 4 heteroatoms. The molecule has 1 atom stereocenters. The molecular formula is C9H14N2OS. The normalized spacial score (nSPS) is 21.9. The smallest absolute Gasteiger partial charge is 0.0658 e. The van der Waals surface area contributed by atoms with Gasteiger partial charge in [0.2, 0.25) is 0 Å². The van der Waals surface area contributed by atoms with E-state index in [9.17, 15) is 4.21 Å². The van der Waals surface area contributed by atoms with Crippen molar-refractivity contribution >= 4 is 10.8 Å². The summed E-state index contributed by atoms with van der Waals surface area (Å²) in [5, 5.41) is 4.31. The van der Waals surface area contributed by atoms with Gasteiger partial charge < -0.3 is 0 Å². The SMILES string of the molecule is CC(C)n1ncc2c1CS(=O)CC2. The van der Waals surface area contributed by atoms with E-state index in [4.69, 9.17) is 0 Å². The van der Waals surface area contributed by atoms with E-state index in [0.717, 1.165) is 12.2 Å². The molecular weight excluding hydrogens is 184 g/mol. The van der Waals surface area contributed by atoms with Gasteiger partial charge in [0, 0.05) is 22.6 Å². The Bertz CT molecular complexity index is 343. The third-order valence-corrected chi connectivity index (χ3v) is 3.63. The lowest BCUT2D eigenvalue weighted by Gasteiger charge is -2.15. The Morgan fingerprint density at radius 2 is 2.38 bits per heavy atom. The third-order valence-electron chi connectivity index (χ3n) is 2.37. The monoisotopic (exact) mass is 198 g/mol. The van der Waals surface area contributed by atoms with Crippen molar-refractivity contribution in [3.05, 3.63) is 17.5 Å². The zero-order valence-electron chi connectivity index (χ0n) is 7.99. The molecule has 0 bridgehead atoms. The first kappa shape index (κ1) is 8.94. The lowest BCUT2D eigenvalue weighted by atomic mass is 10.2. The van der Waals surface area contributed by atoms with E-state index in [-0.39, 0.29) is 0 Å². The number of aryl methyl sites for hydroxylation is 1. The van der Waals surface area contributed by atoms with Crippen LogP contribution in [0.5, 0.6) is 0 Å². The molecule has 1 aromatic rings. The summed E-state index contributed by atoms with van der Waals surface area (Å²) < 4.78 is 13.4. The van der Waals surface area contributed by atoms with Crippen LogP contribution in [-0.2, 0) is 23.0 Å². The van der Waals surface area contributed by atoms with Gasteiger partial charge in [0.1, 0.15) is 0 Å². The molecule has 1 unspecified atom stereocenters. The van der Waals surface area contributed by atoms with Gasteiger partial charge in [-0.3, -0.25) is 8.89 Å². The summed E-state index contributed by atoms with van der Waals surface area (Å²) in [6.45, 7) is 4.20. The number of hydrogen-bond acceptors (Lipinski definition) is 2. The molecule has 0 amide bonds. The predicted octanol–water partition coefficient (Wildman–Crippen LogP) is 1.27. The summed E-state index contributed by atoms with van der Waals surface area (Å²) in [6, 6.07) is 0.374. The molecule has 0 saturated heterocycles. The number of fused-ring (bicyclic) bond motifs is 1. The average molecular weight is 198 g/mol.